The molecule has 1 amide bonds. The summed E-state index contributed by atoms with van der Waals surface area (Å²) < 4.78 is 8.16. The fourth-order valence-electron chi connectivity index (χ4n) is 3.67. The Morgan fingerprint density at radius 3 is 2.40 bits per heavy atom. The van der Waals surface area contributed by atoms with E-state index in [4.69, 9.17) is 4.74 Å². The molecule has 3 heterocycles. The topological polar surface area (TPSA) is 95.2 Å². The number of ether oxygens (including phenoxy) is 1. The SMILES string of the molecule is O=C(Cn1c(=O)n(Cc2cccs2)c(=O)c2ncccc21)Nc1ccc(Oc2ccccc2)cc1. The maximum absolute atomic E-state index is 13.2. The van der Waals surface area contributed by atoms with Crippen molar-refractivity contribution in [3.8, 4) is 11.5 Å². The number of nitrogens with one attached hydrogen (secondary N) is 1. The van der Waals surface area contributed by atoms with Crippen molar-refractivity contribution in [3.05, 3.63) is 116 Å². The summed E-state index contributed by atoms with van der Waals surface area (Å²) in [6.45, 7) is -0.152. The molecule has 0 aliphatic rings. The Hall–Kier alpha value is -4.50. The summed E-state index contributed by atoms with van der Waals surface area (Å²) in [5.74, 6) is 0.931. The molecule has 0 aliphatic heterocycles. The molecular formula is C26H20N4O4S. The van der Waals surface area contributed by atoms with Gasteiger partial charge in [0.1, 0.15) is 18.0 Å². The van der Waals surface area contributed by atoms with Crippen LogP contribution in [0, 0.1) is 0 Å². The van der Waals surface area contributed by atoms with E-state index in [9.17, 15) is 14.4 Å². The van der Waals surface area contributed by atoms with Gasteiger partial charge in [0.25, 0.3) is 5.56 Å². The van der Waals surface area contributed by atoms with Crippen LogP contribution in [0.1, 0.15) is 4.88 Å². The smallest absolute Gasteiger partial charge is 0.332 e. The van der Waals surface area contributed by atoms with Crippen LogP contribution in [0.3, 0.4) is 0 Å². The number of fused-ring (bicyclic) bond motifs is 1. The highest BCUT2D eigenvalue weighted by Crippen LogP contribution is 2.22. The van der Waals surface area contributed by atoms with E-state index in [2.05, 4.69) is 10.3 Å². The molecule has 5 aromatic rings. The Kier molecular flexibility index (Phi) is 6.23. The number of carbonyl (C=O) groups excluding carboxylic acids is 1. The van der Waals surface area contributed by atoms with Crippen LogP contribution in [-0.2, 0) is 17.9 Å². The summed E-state index contributed by atoms with van der Waals surface area (Å²) in [4.78, 5) is 44.1. The Bertz CT molecular complexity index is 1590. The number of benzene rings is 2. The molecular weight excluding hydrogens is 464 g/mol. The molecule has 0 unspecified atom stereocenters. The van der Waals surface area contributed by atoms with Gasteiger partial charge < -0.3 is 10.1 Å². The largest absolute Gasteiger partial charge is 0.457 e. The predicted octanol–water partition coefficient (Wildman–Crippen LogP) is 4.10. The number of rotatable bonds is 7. The number of anilines is 1. The molecule has 0 radical (unpaired) electrons. The zero-order valence-electron chi connectivity index (χ0n) is 18.5. The fourth-order valence-corrected chi connectivity index (χ4v) is 4.36. The quantitative estimate of drug-likeness (QED) is 0.375. The van der Waals surface area contributed by atoms with E-state index in [1.165, 1.54) is 22.1 Å². The van der Waals surface area contributed by atoms with Gasteiger partial charge in [-0.2, -0.15) is 0 Å². The molecule has 5 rings (SSSR count). The van der Waals surface area contributed by atoms with E-state index < -0.39 is 17.2 Å². The van der Waals surface area contributed by atoms with Crippen LogP contribution >= 0.6 is 11.3 Å². The van der Waals surface area contributed by atoms with Crippen LogP contribution in [0.5, 0.6) is 11.5 Å². The van der Waals surface area contributed by atoms with Gasteiger partial charge in [-0.05, 0) is 60.0 Å². The molecule has 0 atom stereocenters. The molecule has 35 heavy (non-hydrogen) atoms. The van der Waals surface area contributed by atoms with Crippen LogP contribution in [0.2, 0.25) is 0 Å². The number of carbonyl (C=O) groups is 1. The first-order valence-electron chi connectivity index (χ1n) is 10.8. The Labute approximate surface area is 203 Å². The number of amides is 1. The van der Waals surface area contributed by atoms with Gasteiger partial charge >= 0.3 is 5.69 Å². The summed E-state index contributed by atoms with van der Waals surface area (Å²) in [5, 5.41) is 4.67. The average molecular weight is 485 g/mol. The molecule has 0 spiro atoms. The number of nitrogens with zero attached hydrogens (tertiary/aromatic N) is 3. The van der Waals surface area contributed by atoms with Crippen LogP contribution < -0.4 is 21.3 Å². The van der Waals surface area contributed by atoms with Gasteiger partial charge in [0, 0.05) is 16.8 Å². The predicted molar refractivity (Wildman–Crippen MR) is 135 cm³/mol. The Morgan fingerprint density at radius 2 is 1.66 bits per heavy atom. The highest BCUT2D eigenvalue weighted by molar-refractivity contribution is 7.09. The van der Waals surface area contributed by atoms with Crippen LogP contribution in [0.25, 0.3) is 11.0 Å². The molecule has 0 saturated carbocycles. The van der Waals surface area contributed by atoms with Gasteiger partial charge in [0.15, 0.2) is 5.52 Å². The lowest BCUT2D eigenvalue weighted by molar-refractivity contribution is -0.116. The molecule has 0 saturated heterocycles. The normalized spacial score (nSPS) is 10.9. The standard InChI is InChI=1S/C26H20N4O4S/c31-23(28-18-10-12-20(13-11-18)34-19-6-2-1-3-7-19)17-29-22-9-4-14-27-24(22)25(32)30(26(29)33)16-21-8-5-15-35-21/h1-15H,16-17H2,(H,28,31). The van der Waals surface area contributed by atoms with Crippen molar-refractivity contribution >= 4 is 34.0 Å². The van der Waals surface area contributed by atoms with E-state index in [0.29, 0.717) is 22.7 Å². The van der Waals surface area contributed by atoms with Gasteiger partial charge in [0.05, 0.1) is 12.1 Å². The van der Waals surface area contributed by atoms with Crippen LogP contribution in [-0.4, -0.2) is 20.0 Å². The number of aromatic nitrogens is 3. The monoisotopic (exact) mass is 484 g/mol. The summed E-state index contributed by atoms with van der Waals surface area (Å²) >= 11 is 1.45. The van der Waals surface area contributed by atoms with E-state index in [-0.39, 0.29) is 18.6 Å². The number of hydrogen-bond acceptors (Lipinski definition) is 6. The lowest BCUT2D eigenvalue weighted by Gasteiger charge is -2.13. The zero-order chi connectivity index (χ0) is 24.2. The Morgan fingerprint density at radius 1 is 0.886 bits per heavy atom. The molecule has 9 heteroatoms. The first-order valence-corrected chi connectivity index (χ1v) is 11.7. The molecule has 8 nitrogen and oxygen atoms in total. The Balaban J connectivity index is 1.38. The van der Waals surface area contributed by atoms with E-state index >= 15 is 0 Å². The van der Waals surface area contributed by atoms with Crippen molar-refractivity contribution < 1.29 is 9.53 Å². The van der Waals surface area contributed by atoms with Gasteiger partial charge in [-0.1, -0.05) is 24.3 Å². The zero-order valence-corrected chi connectivity index (χ0v) is 19.3. The average Bonchev–Trinajstić information content (AvgIpc) is 3.40. The van der Waals surface area contributed by atoms with Crippen molar-refractivity contribution in [2.24, 2.45) is 0 Å². The van der Waals surface area contributed by atoms with Gasteiger partial charge in [-0.15, -0.1) is 11.3 Å². The molecule has 1 N–H and O–H groups in total. The molecule has 2 aromatic carbocycles. The van der Waals surface area contributed by atoms with E-state index in [1.807, 2.05) is 47.8 Å². The van der Waals surface area contributed by atoms with Gasteiger partial charge in [0.2, 0.25) is 5.91 Å². The molecule has 0 bridgehead atoms. The molecule has 174 valence electrons. The lowest BCUT2D eigenvalue weighted by Crippen LogP contribution is -2.42. The number of hydrogen-bond donors (Lipinski definition) is 1. The fraction of sp³-hybridized carbons (Fsp3) is 0.0769. The van der Waals surface area contributed by atoms with Crippen LogP contribution in [0.15, 0.2) is 100 Å². The summed E-state index contributed by atoms with van der Waals surface area (Å²) in [6.07, 6.45) is 1.49. The van der Waals surface area contributed by atoms with Crippen molar-refractivity contribution in [3.63, 3.8) is 0 Å². The first kappa shape index (κ1) is 22.3. The van der Waals surface area contributed by atoms with Crippen molar-refractivity contribution in [1.29, 1.82) is 0 Å². The maximum Gasteiger partial charge on any atom is 0.332 e. The number of para-hydroxylation sites is 1. The lowest BCUT2D eigenvalue weighted by atomic mass is 10.3. The molecule has 0 fully saturated rings. The third-order valence-corrected chi connectivity index (χ3v) is 6.16. The van der Waals surface area contributed by atoms with Gasteiger partial charge in [-0.25, -0.2) is 9.78 Å². The summed E-state index contributed by atoms with van der Waals surface area (Å²) in [7, 11) is 0. The van der Waals surface area contributed by atoms with Crippen molar-refractivity contribution in [2.75, 3.05) is 5.32 Å². The summed E-state index contributed by atoms with van der Waals surface area (Å²) in [6, 6.07) is 23.3. The highest BCUT2D eigenvalue weighted by atomic mass is 32.1. The molecule has 0 aliphatic carbocycles. The third-order valence-electron chi connectivity index (χ3n) is 5.30. The third kappa shape index (κ3) is 4.90. The highest BCUT2D eigenvalue weighted by Gasteiger charge is 2.17. The maximum atomic E-state index is 13.2. The number of pyridine rings is 1. The minimum absolute atomic E-state index is 0.117. The van der Waals surface area contributed by atoms with Crippen molar-refractivity contribution in [1.82, 2.24) is 14.1 Å². The van der Waals surface area contributed by atoms with E-state index in [0.717, 1.165) is 9.44 Å². The number of thiophene rings is 1. The van der Waals surface area contributed by atoms with Crippen LogP contribution in [0.4, 0.5) is 5.69 Å². The van der Waals surface area contributed by atoms with Crippen molar-refractivity contribution in [2.45, 2.75) is 13.1 Å². The second kappa shape index (κ2) is 9.78. The first-order chi connectivity index (χ1) is 17.1. The molecule has 3 aromatic heterocycles. The summed E-state index contributed by atoms with van der Waals surface area (Å²) in [5.41, 5.74) is -0.0429. The second-order valence-electron chi connectivity index (χ2n) is 7.70. The minimum Gasteiger partial charge on any atom is -0.457 e. The van der Waals surface area contributed by atoms with E-state index in [1.54, 1.807) is 36.4 Å². The van der Waals surface area contributed by atoms with Gasteiger partial charge in [-0.3, -0.25) is 18.7 Å². The second-order valence-corrected chi connectivity index (χ2v) is 8.73. The minimum atomic E-state index is -0.564.